The van der Waals surface area contributed by atoms with Crippen LogP contribution < -0.4 is 5.32 Å². The minimum Gasteiger partial charge on any atom is -0.394 e. The lowest BCUT2D eigenvalue weighted by Crippen LogP contribution is -2.25. The number of aliphatic hydroxyl groups excluding tert-OH is 2. The Balaban J connectivity index is 2.09. The number of aliphatic hydroxyl groups is 2. The van der Waals surface area contributed by atoms with Crippen molar-refractivity contribution in [2.45, 2.75) is 18.4 Å². The van der Waals surface area contributed by atoms with Crippen LogP contribution in [-0.4, -0.2) is 55.6 Å². The van der Waals surface area contributed by atoms with Gasteiger partial charge in [0.2, 0.25) is 0 Å². The van der Waals surface area contributed by atoms with Crippen LogP contribution in [-0.2, 0) is 4.74 Å². The van der Waals surface area contributed by atoms with Gasteiger partial charge in [0.25, 0.3) is 0 Å². The summed E-state index contributed by atoms with van der Waals surface area (Å²) in [4.78, 5) is 12.3. The molecule has 0 aliphatic carbocycles. The van der Waals surface area contributed by atoms with Crippen molar-refractivity contribution in [3.8, 4) is 0 Å². The molecule has 112 valence electrons. The van der Waals surface area contributed by atoms with Crippen molar-refractivity contribution in [1.29, 1.82) is 0 Å². The van der Waals surface area contributed by atoms with E-state index < -0.39 is 25.0 Å². The van der Waals surface area contributed by atoms with Crippen LogP contribution in [0.1, 0.15) is 6.23 Å². The lowest BCUT2D eigenvalue weighted by molar-refractivity contribution is -0.0422. The predicted octanol–water partition coefficient (Wildman–Crippen LogP) is -0.0280. The summed E-state index contributed by atoms with van der Waals surface area (Å²) in [5.74, 6) is 0.529. The predicted molar refractivity (Wildman–Crippen MR) is 71.1 cm³/mol. The summed E-state index contributed by atoms with van der Waals surface area (Å²) >= 11 is 0. The third kappa shape index (κ3) is 2.06. The Morgan fingerprint density at radius 3 is 2.95 bits per heavy atom. The van der Waals surface area contributed by atoms with E-state index in [0.29, 0.717) is 17.0 Å². The lowest BCUT2D eigenvalue weighted by Gasteiger charge is -2.14. The van der Waals surface area contributed by atoms with Crippen LogP contribution in [0.15, 0.2) is 24.6 Å². The van der Waals surface area contributed by atoms with Crippen LogP contribution in [0.2, 0.25) is 0 Å². The second-order valence-electron chi connectivity index (χ2n) is 4.56. The van der Waals surface area contributed by atoms with Crippen LogP contribution in [0.25, 0.3) is 11.2 Å². The molecule has 0 amide bonds. The molecule has 1 saturated heterocycles. The first-order valence-electron chi connectivity index (χ1n) is 6.31. The second kappa shape index (κ2) is 5.35. The minimum absolute atomic E-state index is 0.0120. The van der Waals surface area contributed by atoms with Gasteiger partial charge in [0, 0.05) is 12.6 Å². The Hall–Kier alpha value is -2.10. The van der Waals surface area contributed by atoms with Gasteiger partial charge in [-0.05, 0) is 0 Å². The highest BCUT2D eigenvalue weighted by Gasteiger charge is 2.40. The maximum atomic E-state index is 13.1. The van der Waals surface area contributed by atoms with Gasteiger partial charge in [0.15, 0.2) is 17.7 Å². The maximum Gasteiger partial charge on any atom is 0.167 e. The Bertz CT molecular complexity index is 689. The van der Waals surface area contributed by atoms with E-state index in [1.165, 1.54) is 17.2 Å². The van der Waals surface area contributed by atoms with Crippen molar-refractivity contribution in [1.82, 2.24) is 19.5 Å². The van der Waals surface area contributed by atoms with E-state index in [4.69, 9.17) is 9.84 Å². The molecule has 0 bridgehead atoms. The van der Waals surface area contributed by atoms with E-state index in [9.17, 15) is 9.50 Å². The summed E-state index contributed by atoms with van der Waals surface area (Å²) in [6.45, 7) is -0.418. The molecule has 3 rings (SSSR count). The molecule has 0 saturated carbocycles. The van der Waals surface area contributed by atoms with Crippen LogP contribution in [0.5, 0.6) is 0 Å². The molecule has 0 spiro atoms. The molecule has 3 N–H and O–H groups in total. The number of nitrogens with zero attached hydrogens (tertiary/aromatic N) is 4. The molecule has 2 aromatic heterocycles. The smallest absolute Gasteiger partial charge is 0.167 e. The summed E-state index contributed by atoms with van der Waals surface area (Å²) in [7, 11) is 1.70. The van der Waals surface area contributed by atoms with Gasteiger partial charge < -0.3 is 20.3 Å². The molecule has 2 aromatic rings. The van der Waals surface area contributed by atoms with E-state index in [-0.39, 0.29) is 11.9 Å². The number of aromatic nitrogens is 4. The quantitative estimate of drug-likeness (QED) is 0.730. The minimum atomic E-state index is -1.21. The zero-order valence-electron chi connectivity index (χ0n) is 11.1. The Morgan fingerprint density at radius 2 is 2.29 bits per heavy atom. The second-order valence-corrected chi connectivity index (χ2v) is 4.56. The zero-order chi connectivity index (χ0) is 15.0. The highest BCUT2D eigenvalue weighted by molar-refractivity contribution is 5.82. The molecular weight excluding hydrogens is 281 g/mol. The molecular formula is C12H14FN5O3. The number of fused-ring (bicyclic) bond motifs is 1. The molecule has 8 nitrogen and oxygen atoms in total. The van der Waals surface area contributed by atoms with Crippen LogP contribution in [0.4, 0.5) is 10.2 Å². The molecule has 1 aliphatic heterocycles. The third-order valence-corrected chi connectivity index (χ3v) is 3.44. The third-order valence-electron chi connectivity index (χ3n) is 3.44. The first kappa shape index (κ1) is 13.9. The van der Waals surface area contributed by atoms with Crippen molar-refractivity contribution in [2.24, 2.45) is 0 Å². The maximum absolute atomic E-state index is 13.1. The number of hydrogen-bond donors (Lipinski definition) is 3. The van der Waals surface area contributed by atoms with Gasteiger partial charge in [0.05, 0.1) is 19.3 Å². The number of halogens is 1. The van der Waals surface area contributed by atoms with Gasteiger partial charge in [-0.25, -0.2) is 19.3 Å². The van der Waals surface area contributed by atoms with E-state index in [1.54, 1.807) is 7.05 Å². The fourth-order valence-electron chi connectivity index (χ4n) is 2.37. The van der Waals surface area contributed by atoms with E-state index in [0.717, 1.165) is 0 Å². The average molecular weight is 295 g/mol. The van der Waals surface area contributed by atoms with Crippen molar-refractivity contribution in [3.05, 3.63) is 24.6 Å². The molecule has 0 radical (unpaired) electrons. The summed E-state index contributed by atoms with van der Waals surface area (Å²) < 4.78 is 20.1. The fraction of sp³-hybridized carbons (Fsp3) is 0.417. The van der Waals surface area contributed by atoms with Gasteiger partial charge in [-0.2, -0.15) is 0 Å². The first-order valence-corrected chi connectivity index (χ1v) is 6.31. The van der Waals surface area contributed by atoms with Gasteiger partial charge in [0.1, 0.15) is 24.1 Å². The SMILES string of the molecule is CNc1ncnc2c1ncn2[C@@H]1O[C@H](CO)[C@@H](O)/C1=C/F. The number of ether oxygens (including phenoxy) is 1. The summed E-state index contributed by atoms with van der Waals surface area (Å²) in [6.07, 6.45) is 0.0534. The van der Waals surface area contributed by atoms with E-state index >= 15 is 0 Å². The highest BCUT2D eigenvalue weighted by Crippen LogP contribution is 2.36. The molecule has 3 atom stereocenters. The van der Waals surface area contributed by atoms with E-state index in [1.807, 2.05) is 0 Å². The normalized spacial score (nSPS) is 27.6. The number of rotatable bonds is 3. The summed E-state index contributed by atoms with van der Waals surface area (Å²) in [5.41, 5.74) is 0.950. The van der Waals surface area contributed by atoms with Gasteiger partial charge >= 0.3 is 0 Å². The monoisotopic (exact) mass is 295 g/mol. The molecule has 0 unspecified atom stereocenters. The standard InChI is InChI=1S/C12H14FN5O3/c1-14-10-8-11(16-4-15-10)18(5-17-8)12-6(2-13)9(20)7(3-19)21-12/h2,4-5,7,9,12,19-20H,3H2,1H3,(H,14,15,16)/b6-2-/t7-,9+,12-/m1/s1. The van der Waals surface area contributed by atoms with Crippen molar-refractivity contribution in [3.63, 3.8) is 0 Å². The molecule has 1 fully saturated rings. The van der Waals surface area contributed by atoms with Gasteiger partial charge in [-0.15, -0.1) is 0 Å². The zero-order valence-corrected chi connectivity index (χ0v) is 11.1. The average Bonchev–Trinajstić information content (AvgIpc) is 3.07. The fourth-order valence-corrected chi connectivity index (χ4v) is 2.37. The number of nitrogens with one attached hydrogen (secondary N) is 1. The van der Waals surface area contributed by atoms with Crippen LogP contribution in [0.3, 0.4) is 0 Å². The Labute approximate surface area is 118 Å². The number of hydrogen-bond acceptors (Lipinski definition) is 7. The highest BCUT2D eigenvalue weighted by atomic mass is 19.1. The summed E-state index contributed by atoms with van der Waals surface area (Å²) in [6, 6.07) is 0. The van der Waals surface area contributed by atoms with Gasteiger partial charge in [-0.3, -0.25) is 4.57 Å². The van der Waals surface area contributed by atoms with Gasteiger partial charge in [-0.1, -0.05) is 0 Å². The number of imidazole rings is 1. The van der Waals surface area contributed by atoms with Crippen LogP contribution >= 0.6 is 0 Å². The molecule has 21 heavy (non-hydrogen) atoms. The largest absolute Gasteiger partial charge is 0.394 e. The first-order chi connectivity index (χ1) is 10.2. The van der Waals surface area contributed by atoms with Crippen molar-refractivity contribution in [2.75, 3.05) is 19.0 Å². The van der Waals surface area contributed by atoms with E-state index in [2.05, 4.69) is 20.3 Å². The molecule has 3 heterocycles. The summed E-state index contributed by atoms with van der Waals surface area (Å²) in [5, 5.41) is 22.0. The number of anilines is 1. The topological polar surface area (TPSA) is 105 Å². The van der Waals surface area contributed by atoms with Crippen molar-refractivity contribution >= 4 is 17.0 Å². The Kier molecular flexibility index (Phi) is 3.53. The molecule has 1 aliphatic rings. The van der Waals surface area contributed by atoms with Crippen molar-refractivity contribution < 1.29 is 19.3 Å². The Morgan fingerprint density at radius 1 is 1.48 bits per heavy atom. The lowest BCUT2D eigenvalue weighted by atomic mass is 10.1. The van der Waals surface area contributed by atoms with Crippen LogP contribution in [0, 0.1) is 0 Å². The molecule has 9 heteroatoms. The molecule has 0 aromatic carbocycles.